The fourth-order valence-corrected chi connectivity index (χ4v) is 3.53. The number of benzene rings is 1. The summed E-state index contributed by atoms with van der Waals surface area (Å²) in [6, 6.07) is 10.4. The third-order valence-electron chi connectivity index (χ3n) is 4.31. The van der Waals surface area contributed by atoms with Crippen molar-refractivity contribution in [3.05, 3.63) is 53.2 Å². The van der Waals surface area contributed by atoms with Crippen LogP contribution in [0.1, 0.15) is 22.2 Å². The summed E-state index contributed by atoms with van der Waals surface area (Å²) < 4.78 is 5.35. The number of amides is 2. The van der Waals surface area contributed by atoms with Crippen LogP contribution in [-0.2, 0) is 4.79 Å². The van der Waals surface area contributed by atoms with Gasteiger partial charge < -0.3 is 15.6 Å². The van der Waals surface area contributed by atoms with Gasteiger partial charge in [-0.1, -0.05) is 11.2 Å². The molecule has 2 amide bonds. The Morgan fingerprint density at radius 2 is 2.04 bits per heavy atom. The summed E-state index contributed by atoms with van der Waals surface area (Å²) in [7, 11) is 0. The molecular weight excluding hydrogens is 366 g/mol. The molecule has 8 nitrogen and oxygen atoms in total. The highest BCUT2D eigenvalue weighted by Gasteiger charge is 2.33. The molecule has 1 saturated heterocycles. The molecule has 0 unspecified atom stereocenters. The van der Waals surface area contributed by atoms with E-state index < -0.39 is 5.91 Å². The molecule has 27 heavy (non-hydrogen) atoms. The highest BCUT2D eigenvalue weighted by atomic mass is 32.1. The minimum atomic E-state index is -0.497. The largest absolute Gasteiger partial charge is 0.366 e. The number of primary amides is 1. The fourth-order valence-electron chi connectivity index (χ4n) is 2.88. The Morgan fingerprint density at radius 1 is 1.26 bits per heavy atom. The van der Waals surface area contributed by atoms with Crippen molar-refractivity contribution in [1.29, 1.82) is 0 Å². The van der Waals surface area contributed by atoms with E-state index in [1.165, 1.54) is 0 Å². The summed E-state index contributed by atoms with van der Waals surface area (Å²) >= 11 is 1.56. The van der Waals surface area contributed by atoms with Gasteiger partial charge in [0.1, 0.15) is 0 Å². The minimum absolute atomic E-state index is 0.120. The van der Waals surface area contributed by atoms with Gasteiger partial charge in [-0.05, 0) is 35.7 Å². The van der Waals surface area contributed by atoms with Crippen molar-refractivity contribution in [2.45, 2.75) is 5.92 Å². The van der Waals surface area contributed by atoms with E-state index in [-0.39, 0.29) is 18.4 Å². The summed E-state index contributed by atoms with van der Waals surface area (Å²) in [6.07, 6.45) is 0. The maximum absolute atomic E-state index is 12.1. The van der Waals surface area contributed by atoms with Crippen molar-refractivity contribution in [3.63, 3.8) is 0 Å². The molecule has 1 aliphatic heterocycles. The highest BCUT2D eigenvalue weighted by molar-refractivity contribution is 7.13. The molecule has 9 heteroatoms. The number of rotatable bonds is 6. The standard InChI is InChI=1S/C18H17N5O3S/c19-16(25)11-3-5-13(6-4-11)20-15(24)10-23-8-12(9-23)18-21-17(22-26-18)14-2-1-7-27-14/h1-7,12H,8-10H2,(H2,19,25)(H,20,24). The SMILES string of the molecule is NC(=O)c1ccc(NC(=O)CN2CC(c3nc(-c4cccs4)no3)C2)cc1. The first-order valence-electron chi connectivity index (χ1n) is 8.38. The summed E-state index contributed by atoms with van der Waals surface area (Å²) in [5.74, 6) is 0.745. The van der Waals surface area contributed by atoms with Crippen molar-refractivity contribution < 1.29 is 14.1 Å². The molecule has 1 fully saturated rings. The first-order chi connectivity index (χ1) is 13.1. The lowest BCUT2D eigenvalue weighted by molar-refractivity contribution is -0.118. The lowest BCUT2D eigenvalue weighted by atomic mass is 10.0. The number of carbonyl (C=O) groups excluding carboxylic acids is 2. The molecule has 0 aliphatic carbocycles. The van der Waals surface area contributed by atoms with Crippen LogP contribution in [0.4, 0.5) is 5.69 Å². The Kier molecular flexibility index (Phi) is 4.69. The molecule has 0 spiro atoms. The zero-order chi connectivity index (χ0) is 18.8. The predicted molar refractivity (Wildman–Crippen MR) is 100 cm³/mol. The van der Waals surface area contributed by atoms with Crippen LogP contribution in [0.25, 0.3) is 10.7 Å². The van der Waals surface area contributed by atoms with Crippen molar-refractivity contribution in [3.8, 4) is 10.7 Å². The van der Waals surface area contributed by atoms with Crippen molar-refractivity contribution in [2.75, 3.05) is 25.0 Å². The molecule has 1 aromatic carbocycles. The average Bonchev–Trinajstić information content (AvgIpc) is 3.29. The Hall–Kier alpha value is -3.04. The van der Waals surface area contributed by atoms with Crippen molar-refractivity contribution >= 4 is 28.8 Å². The summed E-state index contributed by atoms with van der Waals surface area (Å²) in [5, 5.41) is 8.79. The molecule has 0 bridgehead atoms. The Balaban J connectivity index is 1.26. The second-order valence-electron chi connectivity index (χ2n) is 6.31. The number of anilines is 1. The zero-order valence-corrected chi connectivity index (χ0v) is 15.1. The molecule has 3 heterocycles. The quantitative estimate of drug-likeness (QED) is 0.672. The number of nitrogens with one attached hydrogen (secondary N) is 1. The topological polar surface area (TPSA) is 114 Å². The maximum atomic E-state index is 12.1. The molecule has 0 atom stereocenters. The minimum Gasteiger partial charge on any atom is -0.366 e. The van der Waals surface area contributed by atoms with Crippen LogP contribution in [0.5, 0.6) is 0 Å². The van der Waals surface area contributed by atoms with E-state index >= 15 is 0 Å². The van der Waals surface area contributed by atoms with Gasteiger partial charge in [0.25, 0.3) is 0 Å². The Bertz CT molecular complexity index is 946. The van der Waals surface area contributed by atoms with Gasteiger partial charge in [0, 0.05) is 24.3 Å². The van der Waals surface area contributed by atoms with Crippen LogP contribution in [0.2, 0.25) is 0 Å². The number of thiophene rings is 1. The van der Waals surface area contributed by atoms with E-state index in [2.05, 4.69) is 15.5 Å². The van der Waals surface area contributed by atoms with Crippen LogP contribution in [0.3, 0.4) is 0 Å². The zero-order valence-electron chi connectivity index (χ0n) is 14.3. The molecular formula is C18H17N5O3S. The van der Waals surface area contributed by atoms with E-state index in [0.717, 1.165) is 4.88 Å². The number of nitrogens with zero attached hydrogens (tertiary/aromatic N) is 3. The van der Waals surface area contributed by atoms with Crippen LogP contribution < -0.4 is 11.1 Å². The van der Waals surface area contributed by atoms with Gasteiger partial charge in [-0.25, -0.2) is 0 Å². The summed E-state index contributed by atoms with van der Waals surface area (Å²) in [4.78, 5) is 30.6. The molecule has 1 aliphatic rings. The second-order valence-corrected chi connectivity index (χ2v) is 7.26. The third kappa shape index (κ3) is 3.88. The van der Waals surface area contributed by atoms with Crippen LogP contribution in [0, 0.1) is 0 Å². The number of hydrogen-bond acceptors (Lipinski definition) is 7. The predicted octanol–water partition coefficient (Wildman–Crippen LogP) is 1.93. The van der Waals surface area contributed by atoms with E-state index in [1.54, 1.807) is 35.6 Å². The molecule has 2 aromatic heterocycles. The van der Waals surface area contributed by atoms with Gasteiger partial charge in [0.05, 0.1) is 17.3 Å². The molecule has 0 radical (unpaired) electrons. The van der Waals surface area contributed by atoms with Gasteiger partial charge >= 0.3 is 0 Å². The fraction of sp³-hybridized carbons (Fsp3) is 0.222. The average molecular weight is 383 g/mol. The van der Waals surface area contributed by atoms with Crippen LogP contribution in [-0.4, -0.2) is 46.5 Å². The van der Waals surface area contributed by atoms with Gasteiger partial charge in [-0.15, -0.1) is 11.3 Å². The Labute approximate surface area is 159 Å². The van der Waals surface area contributed by atoms with Gasteiger partial charge in [0.15, 0.2) is 0 Å². The second kappa shape index (κ2) is 7.29. The smallest absolute Gasteiger partial charge is 0.248 e. The lowest BCUT2D eigenvalue weighted by Crippen LogP contribution is -2.48. The first kappa shape index (κ1) is 17.4. The van der Waals surface area contributed by atoms with Gasteiger partial charge in [-0.3, -0.25) is 14.5 Å². The van der Waals surface area contributed by atoms with Gasteiger partial charge in [0.2, 0.25) is 23.5 Å². The van der Waals surface area contributed by atoms with Crippen LogP contribution in [0.15, 0.2) is 46.3 Å². The number of carbonyl (C=O) groups is 2. The van der Waals surface area contributed by atoms with E-state index in [0.29, 0.717) is 36.1 Å². The maximum Gasteiger partial charge on any atom is 0.248 e. The van der Waals surface area contributed by atoms with E-state index in [1.807, 2.05) is 22.4 Å². The monoisotopic (exact) mass is 383 g/mol. The van der Waals surface area contributed by atoms with Crippen molar-refractivity contribution in [1.82, 2.24) is 15.0 Å². The highest BCUT2D eigenvalue weighted by Crippen LogP contribution is 2.28. The normalized spacial score (nSPS) is 14.7. The van der Waals surface area contributed by atoms with Crippen LogP contribution >= 0.6 is 11.3 Å². The third-order valence-corrected chi connectivity index (χ3v) is 5.18. The molecule has 4 rings (SSSR count). The summed E-state index contributed by atoms with van der Waals surface area (Å²) in [5.41, 5.74) is 6.22. The molecule has 0 saturated carbocycles. The summed E-state index contributed by atoms with van der Waals surface area (Å²) in [6.45, 7) is 1.67. The number of hydrogen-bond donors (Lipinski definition) is 2. The molecule has 3 N–H and O–H groups in total. The van der Waals surface area contributed by atoms with Gasteiger partial charge in [-0.2, -0.15) is 4.98 Å². The molecule has 138 valence electrons. The number of likely N-dealkylation sites (tertiary alicyclic amines) is 1. The lowest BCUT2D eigenvalue weighted by Gasteiger charge is -2.36. The first-order valence-corrected chi connectivity index (χ1v) is 9.26. The van der Waals surface area contributed by atoms with E-state index in [9.17, 15) is 9.59 Å². The molecule has 3 aromatic rings. The number of nitrogens with two attached hydrogens (primary N) is 1. The number of aromatic nitrogens is 2. The van der Waals surface area contributed by atoms with Crippen molar-refractivity contribution in [2.24, 2.45) is 5.73 Å². The van der Waals surface area contributed by atoms with E-state index in [4.69, 9.17) is 10.3 Å². The Morgan fingerprint density at radius 3 is 2.70 bits per heavy atom.